The number of nitrogens with one attached hydrogen (secondary N) is 1. The summed E-state index contributed by atoms with van der Waals surface area (Å²) < 4.78 is 32.5. The van der Waals surface area contributed by atoms with Crippen LogP contribution in [0.25, 0.3) is 0 Å². The number of rotatable bonds is 6. The first-order valence-electron chi connectivity index (χ1n) is 6.36. The zero-order chi connectivity index (χ0) is 15.5. The van der Waals surface area contributed by atoms with Crippen LogP contribution in [0, 0.1) is 0 Å². The molecule has 0 spiro atoms. The van der Waals surface area contributed by atoms with E-state index in [9.17, 15) is 8.42 Å². The molecule has 5 nitrogen and oxygen atoms in total. The number of halogens is 1. The van der Waals surface area contributed by atoms with Gasteiger partial charge in [-0.15, -0.1) is 0 Å². The van der Waals surface area contributed by atoms with Crippen LogP contribution in [0.1, 0.15) is 11.8 Å². The minimum absolute atomic E-state index is 0.0728. The number of likely N-dealkylation sites (N-methyl/N-ethyl adjacent to an activating group) is 1. The molecule has 1 aromatic heterocycles. The molecule has 0 fully saturated rings. The Kier molecular flexibility index (Phi) is 5.05. The average molecular weight is 329 g/mol. The maximum atomic E-state index is 12.3. The van der Waals surface area contributed by atoms with Gasteiger partial charge in [-0.25, -0.2) is 13.1 Å². The van der Waals surface area contributed by atoms with E-state index in [1.54, 1.807) is 30.5 Å². The fourth-order valence-corrected chi connectivity index (χ4v) is 3.50. The number of sulfonamides is 1. The fraction of sp³-hybridized carbons (Fsp3) is 0.286. The van der Waals surface area contributed by atoms with Crippen molar-refractivity contribution in [1.82, 2.24) is 9.62 Å². The van der Waals surface area contributed by atoms with Gasteiger partial charge in [-0.05, 0) is 38.4 Å². The molecule has 0 aliphatic carbocycles. The third-order valence-electron chi connectivity index (χ3n) is 3.09. The van der Waals surface area contributed by atoms with E-state index >= 15 is 0 Å². The molecule has 2 rings (SSSR count). The van der Waals surface area contributed by atoms with Gasteiger partial charge in [0.05, 0.1) is 17.3 Å². The van der Waals surface area contributed by atoms with E-state index in [2.05, 4.69) is 4.72 Å². The van der Waals surface area contributed by atoms with Crippen molar-refractivity contribution in [2.24, 2.45) is 0 Å². The highest BCUT2D eigenvalue weighted by Crippen LogP contribution is 2.22. The van der Waals surface area contributed by atoms with Crippen molar-refractivity contribution >= 4 is 21.6 Å². The van der Waals surface area contributed by atoms with Crippen LogP contribution >= 0.6 is 11.6 Å². The normalized spacial score (nSPS) is 13.5. The molecule has 2 aromatic rings. The van der Waals surface area contributed by atoms with Crippen LogP contribution < -0.4 is 4.72 Å². The molecule has 1 N–H and O–H groups in total. The Labute approximate surface area is 129 Å². The predicted molar refractivity (Wildman–Crippen MR) is 81.8 cm³/mol. The SMILES string of the molecule is CN(C)[C@@H](CNS(=O)(=O)c1ccccc1Cl)c1ccco1. The Balaban J connectivity index is 2.16. The molecule has 1 heterocycles. The molecule has 0 saturated heterocycles. The van der Waals surface area contributed by atoms with E-state index in [-0.39, 0.29) is 22.5 Å². The van der Waals surface area contributed by atoms with E-state index in [1.165, 1.54) is 6.07 Å². The molecule has 0 saturated carbocycles. The van der Waals surface area contributed by atoms with Gasteiger partial charge in [-0.2, -0.15) is 0 Å². The van der Waals surface area contributed by atoms with E-state index in [0.29, 0.717) is 5.76 Å². The van der Waals surface area contributed by atoms with Crippen molar-refractivity contribution in [3.8, 4) is 0 Å². The smallest absolute Gasteiger partial charge is 0.242 e. The first kappa shape index (κ1) is 16.0. The lowest BCUT2D eigenvalue weighted by molar-refractivity contribution is 0.259. The molecule has 0 aliphatic heterocycles. The van der Waals surface area contributed by atoms with Gasteiger partial charge < -0.3 is 4.42 Å². The zero-order valence-corrected chi connectivity index (χ0v) is 13.4. The topological polar surface area (TPSA) is 62.6 Å². The van der Waals surface area contributed by atoms with Gasteiger partial charge in [0, 0.05) is 6.54 Å². The van der Waals surface area contributed by atoms with Crippen molar-refractivity contribution in [2.75, 3.05) is 20.6 Å². The molecule has 0 bridgehead atoms. The number of benzene rings is 1. The summed E-state index contributed by atoms with van der Waals surface area (Å²) in [6.45, 7) is 0.189. The van der Waals surface area contributed by atoms with Crippen molar-refractivity contribution in [3.05, 3.63) is 53.4 Å². The predicted octanol–water partition coefficient (Wildman–Crippen LogP) is 2.51. The van der Waals surface area contributed by atoms with Gasteiger partial charge in [0.2, 0.25) is 10.0 Å². The molecule has 0 aliphatic rings. The van der Waals surface area contributed by atoms with Gasteiger partial charge in [0.25, 0.3) is 0 Å². The van der Waals surface area contributed by atoms with Crippen LogP contribution in [-0.2, 0) is 10.0 Å². The molecule has 1 atom stereocenters. The van der Waals surface area contributed by atoms with Gasteiger partial charge in [-0.1, -0.05) is 23.7 Å². The second kappa shape index (κ2) is 6.62. The van der Waals surface area contributed by atoms with Crippen LogP contribution in [-0.4, -0.2) is 34.0 Å². The summed E-state index contributed by atoms with van der Waals surface area (Å²) >= 11 is 5.94. The lowest BCUT2D eigenvalue weighted by Crippen LogP contribution is -2.34. The second-order valence-corrected chi connectivity index (χ2v) is 6.92. The van der Waals surface area contributed by atoms with Crippen molar-refractivity contribution in [3.63, 3.8) is 0 Å². The monoisotopic (exact) mass is 328 g/mol. The number of nitrogens with zero attached hydrogens (tertiary/aromatic N) is 1. The molecule has 114 valence electrons. The van der Waals surface area contributed by atoms with Crippen LogP contribution in [0.3, 0.4) is 0 Å². The lowest BCUT2D eigenvalue weighted by atomic mass is 10.2. The quantitative estimate of drug-likeness (QED) is 0.885. The van der Waals surface area contributed by atoms with Crippen molar-refractivity contribution in [1.29, 1.82) is 0 Å². The molecule has 1 aromatic carbocycles. The standard InChI is InChI=1S/C14H17ClN2O3S/c1-17(2)12(13-7-5-9-20-13)10-16-21(18,19)14-8-4-3-6-11(14)15/h3-9,12,16H,10H2,1-2H3/t12-/m0/s1. The minimum Gasteiger partial charge on any atom is -0.468 e. The molecular formula is C14H17ClN2O3S. The van der Waals surface area contributed by atoms with Gasteiger partial charge in [0.15, 0.2) is 0 Å². The number of hydrogen-bond donors (Lipinski definition) is 1. The maximum Gasteiger partial charge on any atom is 0.242 e. The van der Waals surface area contributed by atoms with Gasteiger partial charge in [-0.3, -0.25) is 4.90 Å². The van der Waals surface area contributed by atoms with Crippen molar-refractivity contribution in [2.45, 2.75) is 10.9 Å². The largest absolute Gasteiger partial charge is 0.468 e. The second-order valence-electron chi connectivity index (χ2n) is 4.78. The van der Waals surface area contributed by atoms with Crippen molar-refractivity contribution < 1.29 is 12.8 Å². The Morgan fingerprint density at radius 1 is 1.24 bits per heavy atom. The Morgan fingerprint density at radius 3 is 2.52 bits per heavy atom. The fourth-order valence-electron chi connectivity index (χ4n) is 1.95. The third kappa shape index (κ3) is 3.85. The maximum absolute atomic E-state index is 12.3. The van der Waals surface area contributed by atoms with Crippen LogP contribution in [0.4, 0.5) is 0 Å². The summed E-state index contributed by atoms with van der Waals surface area (Å²) in [6.07, 6.45) is 1.56. The summed E-state index contributed by atoms with van der Waals surface area (Å²) in [5.41, 5.74) is 0. The summed E-state index contributed by atoms with van der Waals surface area (Å²) in [6, 6.07) is 9.73. The first-order valence-corrected chi connectivity index (χ1v) is 8.22. The molecule has 0 amide bonds. The summed E-state index contributed by atoms with van der Waals surface area (Å²) in [5.74, 6) is 0.696. The Morgan fingerprint density at radius 2 is 1.95 bits per heavy atom. The summed E-state index contributed by atoms with van der Waals surface area (Å²) in [5, 5.41) is 0.199. The van der Waals surface area contributed by atoms with E-state index in [0.717, 1.165) is 0 Å². The molecule has 0 unspecified atom stereocenters. The minimum atomic E-state index is -3.66. The van der Waals surface area contributed by atoms with Crippen LogP contribution in [0.15, 0.2) is 52.0 Å². The average Bonchev–Trinajstić information content (AvgIpc) is 2.92. The summed E-state index contributed by atoms with van der Waals surface area (Å²) in [4.78, 5) is 1.96. The van der Waals surface area contributed by atoms with E-state index in [1.807, 2.05) is 25.1 Å². The Hall–Kier alpha value is -1.34. The molecule has 7 heteroatoms. The van der Waals surface area contributed by atoms with Crippen LogP contribution in [0.5, 0.6) is 0 Å². The first-order chi connectivity index (χ1) is 9.92. The zero-order valence-electron chi connectivity index (χ0n) is 11.8. The number of hydrogen-bond acceptors (Lipinski definition) is 4. The Bertz CT molecular complexity index is 684. The number of furan rings is 1. The summed E-state index contributed by atoms with van der Waals surface area (Å²) in [7, 11) is 0.0553. The van der Waals surface area contributed by atoms with Gasteiger partial charge in [0.1, 0.15) is 10.7 Å². The third-order valence-corrected chi connectivity index (χ3v) is 5.01. The highest BCUT2D eigenvalue weighted by Gasteiger charge is 2.22. The van der Waals surface area contributed by atoms with Crippen LogP contribution in [0.2, 0.25) is 5.02 Å². The molecular weight excluding hydrogens is 312 g/mol. The highest BCUT2D eigenvalue weighted by atomic mass is 35.5. The molecule has 21 heavy (non-hydrogen) atoms. The van der Waals surface area contributed by atoms with E-state index < -0.39 is 10.0 Å². The van der Waals surface area contributed by atoms with Gasteiger partial charge >= 0.3 is 0 Å². The molecule has 0 radical (unpaired) electrons. The lowest BCUT2D eigenvalue weighted by Gasteiger charge is -2.22. The highest BCUT2D eigenvalue weighted by molar-refractivity contribution is 7.89. The van der Waals surface area contributed by atoms with E-state index in [4.69, 9.17) is 16.0 Å².